The largest absolute Gasteiger partial charge is 0.309 e. The van der Waals surface area contributed by atoms with Gasteiger partial charge < -0.3 is 4.57 Å². The van der Waals surface area contributed by atoms with E-state index in [9.17, 15) is 0 Å². The lowest BCUT2D eigenvalue weighted by Crippen LogP contribution is -2.05. The molecule has 0 amide bonds. The number of hydrogen-bond donors (Lipinski definition) is 0. The molecular weight excluding hydrogens is 757 g/mol. The smallest absolute Gasteiger partial charge is 0.237 e. The summed E-state index contributed by atoms with van der Waals surface area (Å²) in [5.74, 6) is 1.16. The topological polar surface area (TPSA) is 61.4 Å². The van der Waals surface area contributed by atoms with Crippen LogP contribution in [0.4, 0.5) is 0 Å². The number of fused-ring (bicyclic) bond motifs is 6. The summed E-state index contributed by atoms with van der Waals surface area (Å²) in [6.07, 6.45) is 0. The van der Waals surface area contributed by atoms with E-state index in [0.717, 1.165) is 83.6 Å². The molecule has 4 heterocycles. The van der Waals surface area contributed by atoms with Crippen molar-refractivity contribution in [2.24, 2.45) is 0 Å². The summed E-state index contributed by atoms with van der Waals surface area (Å²) in [5.41, 5.74) is 13.8. The van der Waals surface area contributed by atoms with Crippen molar-refractivity contribution in [2.75, 3.05) is 0 Å². The highest BCUT2D eigenvalue weighted by Gasteiger charge is 2.24. The van der Waals surface area contributed by atoms with E-state index in [0.29, 0.717) is 11.8 Å². The normalized spacial score (nSPS) is 11.5. The van der Waals surface area contributed by atoms with Crippen LogP contribution < -0.4 is 0 Å². The standard InChI is InChI=1S/C56H36N6/c1-6-18-37(19-7-1)47-36-48(38-20-8-2-9-21-38)58-56(57-47)62-51-33-31-42(41-30-32-50-45(34-41)44-28-16-17-29-49(44)61(50)43-26-14-5-15-27-43)35-46(51)52-53(39-22-10-3-11-23-39)59-54(60-55(52)62)40-24-12-4-13-25-40/h1-36H. The van der Waals surface area contributed by atoms with E-state index in [1.54, 1.807) is 0 Å². The Labute approximate surface area is 357 Å². The molecule has 0 bridgehead atoms. The van der Waals surface area contributed by atoms with E-state index in [4.69, 9.17) is 19.9 Å². The molecule has 4 aromatic heterocycles. The highest BCUT2D eigenvalue weighted by Crippen LogP contribution is 2.41. The fourth-order valence-electron chi connectivity index (χ4n) is 8.86. The molecule has 12 aromatic rings. The second-order valence-corrected chi connectivity index (χ2v) is 15.5. The lowest BCUT2D eigenvalue weighted by molar-refractivity contribution is 0.979. The summed E-state index contributed by atoms with van der Waals surface area (Å²) in [6.45, 7) is 0. The fraction of sp³-hybridized carbons (Fsp3) is 0. The van der Waals surface area contributed by atoms with Crippen LogP contribution in [-0.2, 0) is 0 Å². The predicted octanol–water partition coefficient (Wildman–Crippen LogP) is 13.8. The van der Waals surface area contributed by atoms with Gasteiger partial charge in [0, 0.05) is 44.1 Å². The molecule has 8 aromatic carbocycles. The van der Waals surface area contributed by atoms with Gasteiger partial charge in [-0.25, -0.2) is 19.9 Å². The van der Waals surface area contributed by atoms with Gasteiger partial charge in [-0.15, -0.1) is 0 Å². The third-order valence-corrected chi connectivity index (χ3v) is 11.8. The molecule has 0 N–H and O–H groups in total. The van der Waals surface area contributed by atoms with Gasteiger partial charge in [-0.1, -0.05) is 170 Å². The Morgan fingerprint density at radius 3 is 1.40 bits per heavy atom. The third kappa shape index (κ3) is 5.96. The molecule has 0 aliphatic rings. The van der Waals surface area contributed by atoms with Crippen molar-refractivity contribution in [3.05, 3.63) is 218 Å². The minimum atomic E-state index is 0.532. The van der Waals surface area contributed by atoms with Crippen molar-refractivity contribution in [3.8, 4) is 67.9 Å². The first kappa shape index (κ1) is 35.5. The molecule has 6 heteroatoms. The van der Waals surface area contributed by atoms with Crippen LogP contribution in [-0.4, -0.2) is 29.1 Å². The summed E-state index contributed by atoms with van der Waals surface area (Å²) in [6, 6.07) is 76.1. The Hall–Kier alpha value is -8.48. The molecule has 0 spiro atoms. The van der Waals surface area contributed by atoms with E-state index in [1.807, 2.05) is 60.7 Å². The van der Waals surface area contributed by atoms with Gasteiger partial charge in [-0.05, 0) is 59.7 Å². The maximum atomic E-state index is 5.43. The second-order valence-electron chi connectivity index (χ2n) is 15.5. The van der Waals surface area contributed by atoms with Crippen molar-refractivity contribution >= 4 is 43.7 Å². The maximum Gasteiger partial charge on any atom is 0.237 e. The van der Waals surface area contributed by atoms with Crippen LogP contribution in [0, 0.1) is 0 Å². The predicted molar refractivity (Wildman–Crippen MR) is 253 cm³/mol. The van der Waals surface area contributed by atoms with Crippen LogP contribution >= 0.6 is 0 Å². The van der Waals surface area contributed by atoms with Crippen LogP contribution in [0.3, 0.4) is 0 Å². The van der Waals surface area contributed by atoms with Crippen LogP contribution in [0.2, 0.25) is 0 Å². The summed E-state index contributed by atoms with van der Waals surface area (Å²) in [4.78, 5) is 21.5. The molecule has 0 unspecified atom stereocenters. The second kappa shape index (κ2) is 14.7. The molecule has 0 saturated heterocycles. The minimum Gasteiger partial charge on any atom is -0.309 e. The highest BCUT2D eigenvalue weighted by atomic mass is 15.2. The van der Waals surface area contributed by atoms with Gasteiger partial charge in [0.05, 0.1) is 39.0 Å². The number of aromatic nitrogens is 6. The van der Waals surface area contributed by atoms with Crippen molar-refractivity contribution in [3.63, 3.8) is 0 Å². The van der Waals surface area contributed by atoms with E-state index in [2.05, 4.69) is 167 Å². The van der Waals surface area contributed by atoms with E-state index in [1.165, 1.54) is 16.3 Å². The quantitative estimate of drug-likeness (QED) is 0.161. The highest BCUT2D eigenvalue weighted by molar-refractivity contribution is 6.15. The van der Waals surface area contributed by atoms with Crippen LogP contribution in [0.5, 0.6) is 0 Å². The Bertz CT molecular complexity index is 3540. The zero-order valence-electron chi connectivity index (χ0n) is 33.5. The molecule has 0 fully saturated rings. The van der Waals surface area contributed by atoms with Gasteiger partial charge in [0.1, 0.15) is 0 Å². The van der Waals surface area contributed by atoms with Crippen molar-refractivity contribution in [2.45, 2.75) is 0 Å². The molecule has 6 nitrogen and oxygen atoms in total. The zero-order chi connectivity index (χ0) is 41.0. The van der Waals surface area contributed by atoms with E-state index in [-0.39, 0.29) is 0 Å². The van der Waals surface area contributed by atoms with Gasteiger partial charge in [-0.2, -0.15) is 0 Å². The Balaban J connectivity index is 1.16. The summed E-state index contributed by atoms with van der Waals surface area (Å²) in [5, 5.41) is 4.36. The van der Waals surface area contributed by atoms with Crippen LogP contribution in [0.15, 0.2) is 218 Å². The first-order valence-electron chi connectivity index (χ1n) is 20.8. The number of rotatable bonds is 7. The number of para-hydroxylation sites is 2. The molecule has 62 heavy (non-hydrogen) atoms. The van der Waals surface area contributed by atoms with Crippen molar-refractivity contribution in [1.82, 2.24) is 29.1 Å². The van der Waals surface area contributed by atoms with Crippen LogP contribution in [0.25, 0.3) is 112 Å². The lowest BCUT2D eigenvalue weighted by atomic mass is 9.99. The Morgan fingerprint density at radius 1 is 0.306 bits per heavy atom. The SMILES string of the molecule is c1ccc(-c2cc(-c3ccccc3)nc(-n3c4ccc(-c5ccc6c(c5)c5ccccc5n6-c5ccccc5)cc4c4c(-c5ccccc5)nc(-c5ccccc5)nc43)n2)cc1. The Morgan fingerprint density at radius 2 is 0.790 bits per heavy atom. The first-order chi connectivity index (χ1) is 30.7. The van der Waals surface area contributed by atoms with Gasteiger partial charge in [0.15, 0.2) is 11.5 Å². The number of benzene rings is 8. The average Bonchev–Trinajstić information content (AvgIpc) is 3.87. The lowest BCUT2D eigenvalue weighted by Gasteiger charge is -2.12. The van der Waals surface area contributed by atoms with Crippen molar-refractivity contribution < 1.29 is 0 Å². The Kier molecular flexibility index (Phi) is 8.38. The molecule has 0 radical (unpaired) electrons. The maximum absolute atomic E-state index is 5.43. The van der Waals surface area contributed by atoms with Gasteiger partial charge in [0.2, 0.25) is 5.95 Å². The molecular formula is C56H36N6. The molecule has 0 atom stereocenters. The van der Waals surface area contributed by atoms with Crippen LogP contribution in [0.1, 0.15) is 0 Å². The molecule has 290 valence electrons. The molecule has 0 saturated carbocycles. The number of nitrogens with zero attached hydrogens (tertiary/aromatic N) is 6. The average molecular weight is 793 g/mol. The van der Waals surface area contributed by atoms with Gasteiger partial charge >= 0.3 is 0 Å². The van der Waals surface area contributed by atoms with E-state index >= 15 is 0 Å². The fourth-order valence-corrected chi connectivity index (χ4v) is 8.86. The molecule has 12 rings (SSSR count). The zero-order valence-corrected chi connectivity index (χ0v) is 33.5. The number of hydrogen-bond acceptors (Lipinski definition) is 4. The van der Waals surface area contributed by atoms with E-state index < -0.39 is 0 Å². The first-order valence-corrected chi connectivity index (χ1v) is 20.8. The molecule has 0 aliphatic heterocycles. The summed E-state index contributed by atoms with van der Waals surface area (Å²) in [7, 11) is 0. The minimum absolute atomic E-state index is 0.532. The van der Waals surface area contributed by atoms with Gasteiger partial charge in [-0.3, -0.25) is 4.57 Å². The van der Waals surface area contributed by atoms with Gasteiger partial charge in [0.25, 0.3) is 0 Å². The summed E-state index contributed by atoms with van der Waals surface area (Å²) >= 11 is 0. The summed E-state index contributed by atoms with van der Waals surface area (Å²) < 4.78 is 4.48. The third-order valence-electron chi connectivity index (χ3n) is 11.8. The molecule has 0 aliphatic carbocycles. The van der Waals surface area contributed by atoms with Crippen molar-refractivity contribution in [1.29, 1.82) is 0 Å². The monoisotopic (exact) mass is 792 g/mol.